The molecule has 2 unspecified atom stereocenters. The quantitative estimate of drug-likeness (QED) is 0.613. The van der Waals surface area contributed by atoms with Crippen LogP contribution in [-0.4, -0.2) is 41.3 Å². The van der Waals surface area contributed by atoms with E-state index in [0.29, 0.717) is 25.8 Å². The van der Waals surface area contributed by atoms with Crippen molar-refractivity contribution in [1.82, 2.24) is 25.7 Å². The van der Waals surface area contributed by atoms with Crippen LogP contribution in [0.5, 0.6) is 5.75 Å². The van der Waals surface area contributed by atoms with Gasteiger partial charge in [0.15, 0.2) is 6.29 Å². The highest BCUT2D eigenvalue weighted by Crippen LogP contribution is 2.20. The molecule has 3 rings (SSSR count). The standard InChI is InChI=1S/C22H31N5O3/c1-14-13-21(29)25-22(24-14)27-16(3)18(15(2)26-27)9-10-20(28)23-12-11-17-7-5-6-8-19(17)30-4/h5-8,14,22,24H,9-13H2,1-4H3,(H,23,28)(H,25,29). The summed E-state index contributed by atoms with van der Waals surface area (Å²) in [7, 11) is 1.65. The predicted molar refractivity (Wildman–Crippen MR) is 114 cm³/mol. The maximum Gasteiger partial charge on any atom is 0.224 e. The fourth-order valence-corrected chi connectivity index (χ4v) is 3.87. The molecule has 0 saturated carbocycles. The van der Waals surface area contributed by atoms with E-state index in [1.165, 1.54) is 0 Å². The summed E-state index contributed by atoms with van der Waals surface area (Å²) in [5.41, 5.74) is 3.96. The van der Waals surface area contributed by atoms with Crippen LogP contribution in [0, 0.1) is 13.8 Å². The van der Waals surface area contributed by atoms with E-state index in [4.69, 9.17) is 4.74 Å². The molecule has 30 heavy (non-hydrogen) atoms. The Morgan fingerprint density at radius 2 is 2.07 bits per heavy atom. The fraction of sp³-hybridized carbons (Fsp3) is 0.500. The number of nitrogens with zero attached hydrogens (tertiary/aromatic N) is 2. The number of hydrogen-bond donors (Lipinski definition) is 3. The van der Waals surface area contributed by atoms with E-state index in [1.807, 2.05) is 45.0 Å². The van der Waals surface area contributed by atoms with E-state index >= 15 is 0 Å². The first-order valence-electron chi connectivity index (χ1n) is 10.4. The monoisotopic (exact) mass is 413 g/mol. The average Bonchev–Trinajstić information content (AvgIpc) is 2.99. The number of nitrogens with one attached hydrogen (secondary N) is 3. The highest BCUT2D eigenvalue weighted by Gasteiger charge is 2.26. The minimum atomic E-state index is -0.358. The maximum absolute atomic E-state index is 12.3. The Morgan fingerprint density at radius 1 is 1.30 bits per heavy atom. The highest BCUT2D eigenvalue weighted by molar-refractivity contribution is 5.77. The van der Waals surface area contributed by atoms with Gasteiger partial charge in [0.25, 0.3) is 0 Å². The molecule has 8 nitrogen and oxygen atoms in total. The molecule has 1 aromatic heterocycles. The number of carbonyl (C=O) groups excluding carboxylic acids is 2. The van der Waals surface area contributed by atoms with Crippen LogP contribution >= 0.6 is 0 Å². The number of hydrogen-bond acceptors (Lipinski definition) is 5. The van der Waals surface area contributed by atoms with Gasteiger partial charge in [-0.15, -0.1) is 0 Å². The van der Waals surface area contributed by atoms with Crippen molar-refractivity contribution in [3.8, 4) is 5.75 Å². The summed E-state index contributed by atoms with van der Waals surface area (Å²) in [5.74, 6) is 0.854. The van der Waals surface area contributed by atoms with Gasteiger partial charge in [0.05, 0.1) is 12.8 Å². The lowest BCUT2D eigenvalue weighted by Crippen LogP contribution is -2.52. The SMILES string of the molecule is COc1ccccc1CCNC(=O)CCc1c(C)nn(C2NC(=O)CC(C)N2)c1C. The minimum Gasteiger partial charge on any atom is -0.496 e. The van der Waals surface area contributed by atoms with E-state index in [0.717, 1.165) is 34.7 Å². The lowest BCUT2D eigenvalue weighted by Gasteiger charge is -2.30. The van der Waals surface area contributed by atoms with Crippen LogP contribution in [0.4, 0.5) is 0 Å². The Morgan fingerprint density at radius 3 is 2.80 bits per heavy atom. The minimum absolute atomic E-state index is 0.00849. The second-order valence-corrected chi connectivity index (χ2v) is 7.75. The van der Waals surface area contributed by atoms with Crippen LogP contribution in [0.3, 0.4) is 0 Å². The maximum atomic E-state index is 12.3. The first kappa shape index (κ1) is 21.8. The Balaban J connectivity index is 1.53. The predicted octanol–water partition coefficient (Wildman–Crippen LogP) is 1.75. The van der Waals surface area contributed by atoms with Crippen molar-refractivity contribution in [3.05, 3.63) is 46.8 Å². The molecule has 1 aromatic carbocycles. The summed E-state index contributed by atoms with van der Waals surface area (Å²) in [4.78, 5) is 24.2. The third-order valence-electron chi connectivity index (χ3n) is 5.46. The zero-order valence-corrected chi connectivity index (χ0v) is 18.1. The van der Waals surface area contributed by atoms with Gasteiger partial charge < -0.3 is 15.4 Å². The Labute approximate surface area is 177 Å². The summed E-state index contributed by atoms with van der Waals surface area (Å²) in [6.45, 7) is 6.45. The summed E-state index contributed by atoms with van der Waals surface area (Å²) in [6.07, 6.45) is 1.81. The van der Waals surface area contributed by atoms with E-state index in [1.54, 1.807) is 11.8 Å². The van der Waals surface area contributed by atoms with Gasteiger partial charge in [0.1, 0.15) is 5.75 Å². The second-order valence-electron chi connectivity index (χ2n) is 7.75. The van der Waals surface area contributed by atoms with E-state index < -0.39 is 0 Å². The normalized spacial score (nSPS) is 18.7. The highest BCUT2D eigenvalue weighted by atomic mass is 16.5. The molecular formula is C22H31N5O3. The van der Waals surface area contributed by atoms with Crippen LogP contribution in [0.1, 0.15) is 48.6 Å². The molecule has 0 radical (unpaired) electrons. The first-order valence-corrected chi connectivity index (χ1v) is 10.4. The lowest BCUT2D eigenvalue weighted by atomic mass is 10.1. The first-order chi connectivity index (χ1) is 14.4. The number of para-hydroxylation sites is 1. The molecule has 2 heterocycles. The van der Waals surface area contributed by atoms with Gasteiger partial charge in [-0.1, -0.05) is 18.2 Å². The van der Waals surface area contributed by atoms with E-state index in [-0.39, 0.29) is 24.1 Å². The Hall–Kier alpha value is -2.87. The molecule has 1 aliphatic heterocycles. The Bertz CT molecular complexity index is 908. The summed E-state index contributed by atoms with van der Waals surface area (Å²) in [5, 5.41) is 13.8. The van der Waals surface area contributed by atoms with Crippen LogP contribution < -0.4 is 20.7 Å². The zero-order chi connectivity index (χ0) is 21.7. The molecule has 162 valence electrons. The van der Waals surface area contributed by atoms with Crippen LogP contribution in [0.2, 0.25) is 0 Å². The molecule has 2 atom stereocenters. The lowest BCUT2D eigenvalue weighted by molar-refractivity contribution is -0.125. The number of aryl methyl sites for hydroxylation is 1. The summed E-state index contributed by atoms with van der Waals surface area (Å²) in [6, 6.07) is 7.91. The van der Waals surface area contributed by atoms with Gasteiger partial charge >= 0.3 is 0 Å². The number of carbonyl (C=O) groups is 2. The van der Waals surface area contributed by atoms with Crippen LogP contribution in [0.25, 0.3) is 0 Å². The van der Waals surface area contributed by atoms with Crippen molar-refractivity contribution < 1.29 is 14.3 Å². The third-order valence-corrected chi connectivity index (χ3v) is 5.46. The Kier molecular flexibility index (Phi) is 7.10. The number of methoxy groups -OCH3 is 1. The topological polar surface area (TPSA) is 97.3 Å². The molecule has 8 heteroatoms. The van der Waals surface area contributed by atoms with Crippen molar-refractivity contribution in [1.29, 1.82) is 0 Å². The number of amides is 2. The molecule has 2 amide bonds. The smallest absolute Gasteiger partial charge is 0.224 e. The molecule has 0 aliphatic carbocycles. The molecule has 1 fully saturated rings. The van der Waals surface area contributed by atoms with Gasteiger partial charge in [0.2, 0.25) is 11.8 Å². The molecular weight excluding hydrogens is 382 g/mol. The molecule has 0 spiro atoms. The molecule has 3 N–H and O–H groups in total. The molecule has 2 aromatic rings. The van der Waals surface area contributed by atoms with E-state index in [9.17, 15) is 9.59 Å². The summed E-state index contributed by atoms with van der Waals surface area (Å²) < 4.78 is 7.15. The number of benzene rings is 1. The number of rotatable bonds is 8. The molecule has 0 bridgehead atoms. The van der Waals surface area contributed by atoms with Gasteiger partial charge in [0, 0.05) is 31.1 Å². The number of ether oxygens (including phenoxy) is 1. The fourth-order valence-electron chi connectivity index (χ4n) is 3.87. The summed E-state index contributed by atoms with van der Waals surface area (Å²) >= 11 is 0. The van der Waals surface area contributed by atoms with Crippen molar-refractivity contribution in [3.63, 3.8) is 0 Å². The number of aromatic nitrogens is 2. The van der Waals surface area contributed by atoms with Crippen LogP contribution in [0.15, 0.2) is 24.3 Å². The van der Waals surface area contributed by atoms with Crippen molar-refractivity contribution >= 4 is 11.8 Å². The largest absolute Gasteiger partial charge is 0.496 e. The van der Waals surface area contributed by atoms with Crippen molar-refractivity contribution in [2.24, 2.45) is 0 Å². The van der Waals surface area contributed by atoms with Gasteiger partial charge in [-0.2, -0.15) is 5.10 Å². The third kappa shape index (κ3) is 5.18. The van der Waals surface area contributed by atoms with Gasteiger partial charge in [-0.3, -0.25) is 14.9 Å². The van der Waals surface area contributed by atoms with Crippen LogP contribution in [-0.2, 0) is 22.4 Å². The second kappa shape index (κ2) is 9.75. The van der Waals surface area contributed by atoms with E-state index in [2.05, 4.69) is 21.0 Å². The molecule has 1 aliphatic rings. The van der Waals surface area contributed by atoms with Crippen molar-refractivity contribution in [2.75, 3.05) is 13.7 Å². The van der Waals surface area contributed by atoms with Gasteiger partial charge in [-0.05, 0) is 50.8 Å². The van der Waals surface area contributed by atoms with Gasteiger partial charge in [-0.25, -0.2) is 4.68 Å². The average molecular weight is 414 g/mol. The molecule has 1 saturated heterocycles. The van der Waals surface area contributed by atoms with Crippen molar-refractivity contribution in [2.45, 2.75) is 58.8 Å². The zero-order valence-electron chi connectivity index (χ0n) is 18.1.